The lowest BCUT2D eigenvalue weighted by molar-refractivity contribution is 0.900. The number of hydrogen-bond acceptors (Lipinski definition) is 2. The van der Waals surface area contributed by atoms with Gasteiger partial charge in [0.15, 0.2) is 0 Å². The van der Waals surface area contributed by atoms with E-state index in [2.05, 4.69) is 29.2 Å². The first-order valence-electron chi connectivity index (χ1n) is 4.97. The molecule has 0 spiro atoms. The smallest absolute Gasteiger partial charge is 0.123 e. The second kappa shape index (κ2) is 3.21. The Morgan fingerprint density at radius 1 is 1.07 bits per heavy atom. The van der Waals surface area contributed by atoms with Crippen LogP contribution < -0.4 is 0 Å². The Kier molecular flexibility index (Phi) is 1.88. The van der Waals surface area contributed by atoms with Crippen LogP contribution in [-0.4, -0.2) is 4.98 Å². The highest BCUT2D eigenvalue weighted by atomic mass is 32.1. The molecule has 1 aromatic carbocycles. The van der Waals surface area contributed by atoms with Gasteiger partial charge in [-0.05, 0) is 19.3 Å². The van der Waals surface area contributed by atoms with Gasteiger partial charge in [-0.2, -0.15) is 0 Å². The molecule has 1 aromatic heterocycles. The summed E-state index contributed by atoms with van der Waals surface area (Å²) in [6, 6.07) is 10.5. The lowest BCUT2D eigenvalue weighted by Crippen LogP contribution is -1.79. The Labute approximate surface area is 87.4 Å². The second-order valence-corrected chi connectivity index (χ2v) is 4.69. The molecular formula is C12H11NS. The van der Waals surface area contributed by atoms with Crippen LogP contribution >= 0.6 is 11.3 Å². The summed E-state index contributed by atoms with van der Waals surface area (Å²) < 4.78 is 0. The average molecular weight is 201 g/mol. The van der Waals surface area contributed by atoms with Crippen molar-refractivity contribution < 1.29 is 0 Å². The van der Waals surface area contributed by atoms with E-state index in [0.717, 1.165) is 0 Å². The van der Waals surface area contributed by atoms with Gasteiger partial charge in [-0.3, -0.25) is 0 Å². The van der Waals surface area contributed by atoms with Gasteiger partial charge >= 0.3 is 0 Å². The Balaban J connectivity index is 2.06. The van der Waals surface area contributed by atoms with Crippen LogP contribution in [0.5, 0.6) is 0 Å². The van der Waals surface area contributed by atoms with Crippen molar-refractivity contribution in [2.75, 3.05) is 0 Å². The van der Waals surface area contributed by atoms with Crippen molar-refractivity contribution in [2.24, 2.45) is 0 Å². The van der Waals surface area contributed by atoms with Crippen molar-refractivity contribution in [3.63, 3.8) is 0 Å². The van der Waals surface area contributed by atoms with E-state index in [1.807, 2.05) is 17.4 Å². The molecule has 0 fully saturated rings. The number of benzene rings is 1. The molecule has 2 aromatic rings. The molecule has 0 radical (unpaired) electrons. The van der Waals surface area contributed by atoms with E-state index in [1.54, 1.807) is 0 Å². The van der Waals surface area contributed by atoms with Crippen molar-refractivity contribution in [1.82, 2.24) is 4.98 Å². The minimum Gasteiger partial charge on any atom is -0.241 e. The molecule has 1 aliphatic rings. The van der Waals surface area contributed by atoms with E-state index in [-0.39, 0.29) is 0 Å². The molecule has 14 heavy (non-hydrogen) atoms. The number of rotatable bonds is 1. The summed E-state index contributed by atoms with van der Waals surface area (Å²) in [6.07, 6.45) is 3.71. The summed E-state index contributed by atoms with van der Waals surface area (Å²) in [5.41, 5.74) is 2.60. The van der Waals surface area contributed by atoms with Crippen LogP contribution in [0.15, 0.2) is 30.3 Å². The standard InChI is InChI=1S/C12H11NS/c1-2-5-9(6-3-1)12-13-10-7-4-8-11(10)14-12/h1-3,5-6H,4,7-8H2. The fourth-order valence-corrected chi connectivity index (χ4v) is 3.05. The lowest BCUT2D eigenvalue weighted by atomic mass is 10.2. The van der Waals surface area contributed by atoms with E-state index in [9.17, 15) is 0 Å². The number of aromatic nitrogens is 1. The number of fused-ring (bicyclic) bond motifs is 1. The van der Waals surface area contributed by atoms with Gasteiger partial charge in [-0.1, -0.05) is 30.3 Å². The summed E-state index contributed by atoms with van der Waals surface area (Å²) in [4.78, 5) is 6.18. The van der Waals surface area contributed by atoms with E-state index in [0.29, 0.717) is 0 Å². The molecular weight excluding hydrogens is 190 g/mol. The molecule has 0 aliphatic heterocycles. The van der Waals surface area contributed by atoms with Gasteiger partial charge in [0.25, 0.3) is 0 Å². The van der Waals surface area contributed by atoms with Crippen molar-refractivity contribution in [3.8, 4) is 10.6 Å². The summed E-state index contributed by atoms with van der Waals surface area (Å²) in [7, 11) is 0. The van der Waals surface area contributed by atoms with Gasteiger partial charge < -0.3 is 0 Å². The predicted molar refractivity (Wildman–Crippen MR) is 59.6 cm³/mol. The summed E-state index contributed by atoms with van der Waals surface area (Å²) in [5.74, 6) is 0. The minimum absolute atomic E-state index is 1.18. The Bertz CT molecular complexity index is 423. The Morgan fingerprint density at radius 3 is 2.71 bits per heavy atom. The molecule has 0 bridgehead atoms. The number of nitrogens with zero attached hydrogens (tertiary/aromatic N) is 1. The van der Waals surface area contributed by atoms with Crippen LogP contribution in [0.25, 0.3) is 10.6 Å². The van der Waals surface area contributed by atoms with Crippen LogP contribution in [0.1, 0.15) is 17.0 Å². The quantitative estimate of drug-likeness (QED) is 0.690. The topological polar surface area (TPSA) is 12.9 Å². The maximum Gasteiger partial charge on any atom is 0.123 e. The first kappa shape index (κ1) is 8.18. The zero-order chi connectivity index (χ0) is 9.38. The predicted octanol–water partition coefficient (Wildman–Crippen LogP) is 3.30. The lowest BCUT2D eigenvalue weighted by Gasteiger charge is -1.94. The highest BCUT2D eigenvalue weighted by molar-refractivity contribution is 7.15. The van der Waals surface area contributed by atoms with Crippen LogP contribution in [0.2, 0.25) is 0 Å². The van der Waals surface area contributed by atoms with Gasteiger partial charge in [-0.25, -0.2) is 4.98 Å². The SMILES string of the molecule is c1ccc(-c2nc3c(s2)CCC3)cc1. The molecule has 0 amide bonds. The fraction of sp³-hybridized carbons (Fsp3) is 0.250. The minimum atomic E-state index is 1.18. The van der Waals surface area contributed by atoms with Crippen LogP contribution in [0, 0.1) is 0 Å². The average Bonchev–Trinajstić information content (AvgIpc) is 2.78. The van der Waals surface area contributed by atoms with Crippen molar-refractivity contribution in [1.29, 1.82) is 0 Å². The van der Waals surface area contributed by atoms with Gasteiger partial charge in [0, 0.05) is 10.4 Å². The van der Waals surface area contributed by atoms with Gasteiger partial charge in [0.05, 0.1) is 5.69 Å². The number of aryl methyl sites for hydroxylation is 2. The van der Waals surface area contributed by atoms with E-state index in [4.69, 9.17) is 0 Å². The molecule has 2 heteroatoms. The van der Waals surface area contributed by atoms with Gasteiger partial charge in [0.2, 0.25) is 0 Å². The third-order valence-corrected chi connectivity index (χ3v) is 3.82. The van der Waals surface area contributed by atoms with E-state index in [1.165, 1.54) is 40.4 Å². The van der Waals surface area contributed by atoms with Gasteiger partial charge in [0.1, 0.15) is 5.01 Å². The van der Waals surface area contributed by atoms with Crippen LogP contribution in [-0.2, 0) is 12.8 Å². The van der Waals surface area contributed by atoms with E-state index >= 15 is 0 Å². The normalized spacial score (nSPS) is 14.3. The molecule has 70 valence electrons. The summed E-state index contributed by atoms with van der Waals surface area (Å²) in [6.45, 7) is 0. The molecule has 1 aliphatic carbocycles. The molecule has 0 saturated heterocycles. The van der Waals surface area contributed by atoms with Crippen molar-refractivity contribution in [2.45, 2.75) is 19.3 Å². The largest absolute Gasteiger partial charge is 0.241 e. The Hall–Kier alpha value is -1.15. The first-order valence-corrected chi connectivity index (χ1v) is 5.79. The van der Waals surface area contributed by atoms with Crippen LogP contribution in [0.3, 0.4) is 0 Å². The third kappa shape index (κ3) is 1.26. The Morgan fingerprint density at radius 2 is 1.93 bits per heavy atom. The first-order chi connectivity index (χ1) is 6.93. The number of thiazole rings is 1. The highest BCUT2D eigenvalue weighted by Gasteiger charge is 2.16. The van der Waals surface area contributed by atoms with E-state index < -0.39 is 0 Å². The summed E-state index contributed by atoms with van der Waals surface area (Å²) >= 11 is 1.86. The zero-order valence-corrected chi connectivity index (χ0v) is 8.68. The molecule has 0 N–H and O–H groups in total. The maximum atomic E-state index is 4.68. The maximum absolute atomic E-state index is 4.68. The third-order valence-electron chi connectivity index (χ3n) is 2.62. The van der Waals surface area contributed by atoms with Gasteiger partial charge in [-0.15, -0.1) is 11.3 Å². The summed E-state index contributed by atoms with van der Waals surface area (Å²) in [5, 5.41) is 1.19. The molecule has 0 saturated carbocycles. The highest BCUT2D eigenvalue weighted by Crippen LogP contribution is 2.32. The second-order valence-electron chi connectivity index (χ2n) is 3.61. The molecule has 0 atom stereocenters. The zero-order valence-electron chi connectivity index (χ0n) is 7.86. The monoisotopic (exact) mass is 201 g/mol. The molecule has 0 unspecified atom stereocenters. The number of hydrogen-bond donors (Lipinski definition) is 0. The van der Waals surface area contributed by atoms with Crippen molar-refractivity contribution >= 4 is 11.3 Å². The van der Waals surface area contributed by atoms with Crippen LogP contribution in [0.4, 0.5) is 0 Å². The van der Waals surface area contributed by atoms with Crippen molar-refractivity contribution in [3.05, 3.63) is 40.9 Å². The molecule has 1 heterocycles. The molecule has 1 nitrogen and oxygen atoms in total. The molecule has 3 rings (SSSR count). The fourth-order valence-electron chi connectivity index (χ4n) is 1.89.